The molecule has 6 heteroatoms. The zero-order chi connectivity index (χ0) is 9.14. The van der Waals surface area contributed by atoms with Gasteiger partial charge < -0.3 is 4.98 Å². The number of aromatic amines is 1. The maximum atomic E-state index is 10.8. The lowest BCUT2D eigenvalue weighted by atomic mass is 10.3. The first-order valence-corrected chi connectivity index (χ1v) is 3.17. The quantitative estimate of drug-likeness (QED) is 0.616. The van der Waals surface area contributed by atoms with E-state index in [-0.39, 0.29) is 16.5 Å². The first-order valence-electron chi connectivity index (χ1n) is 2.79. The van der Waals surface area contributed by atoms with Gasteiger partial charge in [-0.3, -0.25) is 4.79 Å². The molecule has 1 aromatic heterocycles. The number of hydrogen-bond acceptors (Lipinski definition) is 4. The molecule has 0 fully saturated rings. The third-order valence-electron chi connectivity index (χ3n) is 1.09. The number of H-pyrrole nitrogens is 1. The molecule has 0 aliphatic carbocycles. The number of nitriles is 2. The van der Waals surface area contributed by atoms with E-state index < -0.39 is 5.56 Å². The first-order chi connectivity index (χ1) is 5.69. The minimum absolute atomic E-state index is 0.174. The van der Waals surface area contributed by atoms with Gasteiger partial charge in [0.2, 0.25) is 0 Å². The lowest BCUT2D eigenvalue weighted by Gasteiger charge is -1.91. The van der Waals surface area contributed by atoms with E-state index in [1.54, 1.807) is 12.1 Å². The predicted molar refractivity (Wildman–Crippen MR) is 39.3 cm³/mol. The van der Waals surface area contributed by atoms with Crippen LogP contribution in [0, 0.1) is 22.7 Å². The lowest BCUT2D eigenvalue weighted by molar-refractivity contribution is 1.08. The minimum Gasteiger partial charge on any atom is -0.309 e. The Balaban J connectivity index is 3.55. The topological polar surface area (TPSA) is 93.3 Å². The van der Waals surface area contributed by atoms with Gasteiger partial charge in [0.05, 0.1) is 0 Å². The van der Waals surface area contributed by atoms with E-state index in [0.717, 1.165) is 0 Å². The Hall–Kier alpha value is -1.85. The highest BCUT2D eigenvalue weighted by Crippen LogP contribution is 2.00. The van der Waals surface area contributed by atoms with Crippen molar-refractivity contribution in [3.8, 4) is 12.1 Å². The monoisotopic (exact) mass is 180 g/mol. The summed E-state index contributed by atoms with van der Waals surface area (Å²) in [6.45, 7) is 0. The molecule has 0 radical (unpaired) electrons. The average Bonchev–Trinajstić information content (AvgIpc) is 2.09. The van der Waals surface area contributed by atoms with Crippen molar-refractivity contribution >= 4 is 11.6 Å². The maximum Gasteiger partial charge on any atom is 0.286 e. The predicted octanol–water partition coefficient (Wildman–Crippen LogP) is 0.167. The van der Waals surface area contributed by atoms with Crippen molar-refractivity contribution in [1.82, 2.24) is 9.97 Å². The molecule has 1 rings (SSSR count). The second-order valence-electron chi connectivity index (χ2n) is 1.80. The Morgan fingerprint density at radius 3 is 2.58 bits per heavy atom. The van der Waals surface area contributed by atoms with Crippen LogP contribution in [-0.2, 0) is 0 Å². The van der Waals surface area contributed by atoms with Crippen molar-refractivity contribution < 1.29 is 0 Å². The van der Waals surface area contributed by atoms with Crippen LogP contribution in [0.4, 0.5) is 0 Å². The van der Waals surface area contributed by atoms with Crippen LogP contribution in [-0.4, -0.2) is 9.97 Å². The molecule has 5 nitrogen and oxygen atoms in total. The Bertz CT molecular complexity index is 450. The maximum absolute atomic E-state index is 10.8. The van der Waals surface area contributed by atoms with Gasteiger partial charge in [-0.25, -0.2) is 4.98 Å². The van der Waals surface area contributed by atoms with E-state index in [2.05, 4.69) is 9.97 Å². The highest BCUT2D eigenvalue weighted by atomic mass is 35.5. The number of halogens is 1. The summed E-state index contributed by atoms with van der Waals surface area (Å²) < 4.78 is 0. The third kappa shape index (κ3) is 1.26. The van der Waals surface area contributed by atoms with Crippen LogP contribution in [0.1, 0.15) is 11.4 Å². The molecule has 0 atom stereocenters. The molecule has 0 aliphatic heterocycles. The van der Waals surface area contributed by atoms with Gasteiger partial charge >= 0.3 is 0 Å². The van der Waals surface area contributed by atoms with E-state index in [9.17, 15) is 4.79 Å². The second kappa shape index (κ2) is 3.04. The van der Waals surface area contributed by atoms with Crippen molar-refractivity contribution in [2.75, 3.05) is 0 Å². The smallest absolute Gasteiger partial charge is 0.286 e. The molecule has 0 amide bonds. The molecule has 1 heterocycles. The third-order valence-corrected chi connectivity index (χ3v) is 1.35. The van der Waals surface area contributed by atoms with Crippen molar-refractivity contribution in [1.29, 1.82) is 10.5 Å². The molecule has 0 spiro atoms. The zero-order valence-corrected chi connectivity index (χ0v) is 6.38. The van der Waals surface area contributed by atoms with Crippen LogP contribution in [0.3, 0.4) is 0 Å². The van der Waals surface area contributed by atoms with Gasteiger partial charge in [-0.1, -0.05) is 11.6 Å². The lowest BCUT2D eigenvalue weighted by Crippen LogP contribution is -2.12. The van der Waals surface area contributed by atoms with Crippen molar-refractivity contribution in [3.05, 3.63) is 26.9 Å². The molecule has 0 bridgehead atoms. The molecule has 0 saturated heterocycles. The summed E-state index contributed by atoms with van der Waals surface area (Å²) in [6.07, 6.45) is 0. The fourth-order valence-electron chi connectivity index (χ4n) is 0.591. The van der Waals surface area contributed by atoms with Gasteiger partial charge in [0, 0.05) is 0 Å². The van der Waals surface area contributed by atoms with Crippen LogP contribution >= 0.6 is 11.6 Å². The summed E-state index contributed by atoms with van der Waals surface area (Å²) in [5.74, 6) is 0. The normalized spacial score (nSPS) is 8.58. The number of nitrogens with one attached hydrogen (secondary N) is 1. The van der Waals surface area contributed by atoms with Gasteiger partial charge in [-0.15, -0.1) is 0 Å². The van der Waals surface area contributed by atoms with Crippen molar-refractivity contribution in [2.24, 2.45) is 0 Å². The molecule has 0 unspecified atom stereocenters. The zero-order valence-electron chi connectivity index (χ0n) is 5.63. The van der Waals surface area contributed by atoms with Crippen molar-refractivity contribution in [2.45, 2.75) is 0 Å². The van der Waals surface area contributed by atoms with Crippen LogP contribution < -0.4 is 5.56 Å². The average molecular weight is 181 g/mol. The van der Waals surface area contributed by atoms with E-state index in [1.165, 1.54) is 0 Å². The van der Waals surface area contributed by atoms with Gasteiger partial charge in [-0.2, -0.15) is 10.5 Å². The van der Waals surface area contributed by atoms with Crippen LogP contribution in [0.2, 0.25) is 5.15 Å². The Kier molecular flexibility index (Phi) is 2.09. The van der Waals surface area contributed by atoms with E-state index in [0.29, 0.717) is 0 Å². The molecule has 0 saturated carbocycles. The van der Waals surface area contributed by atoms with Gasteiger partial charge in [0.25, 0.3) is 5.56 Å². The number of aromatic nitrogens is 2. The summed E-state index contributed by atoms with van der Waals surface area (Å²) in [5, 5.41) is 16.5. The molecule has 1 N–H and O–H groups in total. The number of rotatable bonds is 0. The van der Waals surface area contributed by atoms with Crippen LogP contribution in [0.15, 0.2) is 4.79 Å². The molecule has 12 heavy (non-hydrogen) atoms. The summed E-state index contributed by atoms with van der Waals surface area (Å²) in [4.78, 5) is 16.3. The van der Waals surface area contributed by atoms with Gasteiger partial charge in [0.1, 0.15) is 12.1 Å². The molecular formula is C6HClN4O. The SMILES string of the molecule is N#Cc1nc(Cl)c(=O)[nH]c1C#N. The van der Waals surface area contributed by atoms with Gasteiger partial charge in [-0.05, 0) is 0 Å². The molecule has 1 aromatic rings. The fraction of sp³-hybridized carbons (Fsp3) is 0. The van der Waals surface area contributed by atoms with Crippen LogP contribution in [0.5, 0.6) is 0 Å². The second-order valence-corrected chi connectivity index (χ2v) is 2.16. The molecular weight excluding hydrogens is 180 g/mol. The molecule has 0 aliphatic rings. The van der Waals surface area contributed by atoms with E-state index >= 15 is 0 Å². The summed E-state index contributed by atoms with van der Waals surface area (Å²) >= 11 is 5.31. The Labute approximate surface area is 71.9 Å². The van der Waals surface area contributed by atoms with E-state index in [1.807, 2.05) is 0 Å². The highest BCUT2D eigenvalue weighted by Gasteiger charge is 2.06. The molecule has 58 valence electrons. The van der Waals surface area contributed by atoms with Gasteiger partial charge in [0.15, 0.2) is 16.5 Å². The Morgan fingerprint density at radius 2 is 2.08 bits per heavy atom. The standard InChI is InChI=1S/C6HClN4O/c7-5-6(12)11-4(2-9)3(1-8)10-5/h(H,11,12). The molecule has 0 aromatic carbocycles. The minimum atomic E-state index is -0.674. The fourth-order valence-corrected chi connectivity index (χ4v) is 0.723. The van der Waals surface area contributed by atoms with Crippen LogP contribution in [0.25, 0.3) is 0 Å². The summed E-state index contributed by atoms with van der Waals surface area (Å²) in [5.41, 5.74) is -1.03. The van der Waals surface area contributed by atoms with Crippen molar-refractivity contribution in [3.63, 3.8) is 0 Å². The number of hydrogen-bond donors (Lipinski definition) is 1. The Morgan fingerprint density at radius 1 is 1.42 bits per heavy atom. The largest absolute Gasteiger partial charge is 0.309 e. The summed E-state index contributed by atoms with van der Waals surface area (Å²) in [6, 6.07) is 3.24. The van der Waals surface area contributed by atoms with E-state index in [4.69, 9.17) is 22.1 Å². The summed E-state index contributed by atoms with van der Waals surface area (Å²) in [7, 11) is 0. The number of nitrogens with zero attached hydrogens (tertiary/aromatic N) is 3. The highest BCUT2D eigenvalue weighted by molar-refractivity contribution is 6.29. The first kappa shape index (κ1) is 8.25.